The van der Waals surface area contributed by atoms with Crippen molar-refractivity contribution < 1.29 is 0 Å². The molecule has 2 nitrogen and oxygen atoms in total. The molecule has 0 aliphatic rings. The highest BCUT2D eigenvalue weighted by Crippen LogP contribution is 2.18. The molecule has 0 aliphatic carbocycles. The highest BCUT2D eigenvalue weighted by atomic mass is 15.1. The fourth-order valence-corrected chi connectivity index (χ4v) is 3.39. The molecule has 2 heteroatoms. The van der Waals surface area contributed by atoms with E-state index in [0.717, 1.165) is 13.1 Å². The van der Waals surface area contributed by atoms with Crippen molar-refractivity contribution in [1.29, 1.82) is 0 Å². The molecule has 0 unspecified atom stereocenters. The summed E-state index contributed by atoms with van der Waals surface area (Å²) in [4.78, 5) is 2.61. The van der Waals surface area contributed by atoms with Crippen LogP contribution in [0.15, 0.2) is 24.3 Å². The number of anilines is 1. The molecule has 0 saturated heterocycles. The zero-order valence-electron chi connectivity index (χ0n) is 17.9. The summed E-state index contributed by atoms with van der Waals surface area (Å²) in [5.41, 5.74) is 2.81. The lowest BCUT2D eigenvalue weighted by molar-refractivity contribution is 0.608. The summed E-state index contributed by atoms with van der Waals surface area (Å²) in [5.74, 6) is 0. The maximum atomic E-state index is 3.57. The largest absolute Gasteiger partial charge is 0.372 e. The third-order valence-corrected chi connectivity index (χ3v) is 5.15. The van der Waals surface area contributed by atoms with Gasteiger partial charge in [0.1, 0.15) is 0 Å². The third-order valence-electron chi connectivity index (χ3n) is 5.15. The normalized spacial score (nSPS) is 11.0. The van der Waals surface area contributed by atoms with Crippen molar-refractivity contribution in [2.75, 3.05) is 24.5 Å². The SMILES string of the molecule is CCCCCCN(CCCCCC)c1ccc(CNCCCCC)cc1. The number of nitrogens with zero attached hydrogens (tertiary/aromatic N) is 1. The Morgan fingerprint density at radius 1 is 0.654 bits per heavy atom. The zero-order chi connectivity index (χ0) is 18.9. The maximum absolute atomic E-state index is 3.57. The van der Waals surface area contributed by atoms with E-state index in [9.17, 15) is 0 Å². The molecule has 0 aromatic heterocycles. The second-order valence-corrected chi connectivity index (χ2v) is 7.66. The van der Waals surface area contributed by atoms with Gasteiger partial charge in [0, 0.05) is 25.3 Å². The third kappa shape index (κ3) is 10.9. The van der Waals surface area contributed by atoms with Crippen LogP contribution >= 0.6 is 0 Å². The van der Waals surface area contributed by atoms with Crippen LogP contribution in [-0.4, -0.2) is 19.6 Å². The first-order valence-electron chi connectivity index (χ1n) is 11.4. The number of hydrogen-bond acceptors (Lipinski definition) is 2. The molecule has 1 aromatic rings. The molecule has 0 heterocycles. The highest BCUT2D eigenvalue weighted by Gasteiger charge is 2.06. The summed E-state index contributed by atoms with van der Waals surface area (Å²) in [6.45, 7) is 11.4. The fraction of sp³-hybridized carbons (Fsp3) is 0.750. The lowest BCUT2D eigenvalue weighted by Crippen LogP contribution is -2.25. The summed E-state index contributed by atoms with van der Waals surface area (Å²) in [6.07, 6.45) is 14.7. The maximum Gasteiger partial charge on any atom is 0.0366 e. The first kappa shape index (κ1) is 23.0. The molecule has 1 N–H and O–H groups in total. The van der Waals surface area contributed by atoms with Gasteiger partial charge in [-0.05, 0) is 43.5 Å². The van der Waals surface area contributed by atoms with Gasteiger partial charge < -0.3 is 10.2 Å². The van der Waals surface area contributed by atoms with Gasteiger partial charge in [-0.1, -0.05) is 84.3 Å². The lowest BCUT2D eigenvalue weighted by atomic mass is 10.1. The van der Waals surface area contributed by atoms with Crippen molar-refractivity contribution in [2.24, 2.45) is 0 Å². The van der Waals surface area contributed by atoms with E-state index in [0.29, 0.717) is 0 Å². The van der Waals surface area contributed by atoms with Crippen molar-refractivity contribution in [3.8, 4) is 0 Å². The molecule has 0 fully saturated rings. The summed E-state index contributed by atoms with van der Waals surface area (Å²) < 4.78 is 0. The second kappa shape index (κ2) is 16.2. The van der Waals surface area contributed by atoms with Gasteiger partial charge in [-0.25, -0.2) is 0 Å². The Hall–Kier alpha value is -1.02. The molecular weight excluding hydrogens is 316 g/mol. The highest BCUT2D eigenvalue weighted by molar-refractivity contribution is 5.47. The smallest absolute Gasteiger partial charge is 0.0366 e. The van der Waals surface area contributed by atoms with E-state index < -0.39 is 0 Å². The van der Waals surface area contributed by atoms with Crippen molar-refractivity contribution in [3.63, 3.8) is 0 Å². The van der Waals surface area contributed by atoms with E-state index in [1.165, 1.54) is 95.0 Å². The van der Waals surface area contributed by atoms with Gasteiger partial charge in [0.15, 0.2) is 0 Å². The van der Waals surface area contributed by atoms with Gasteiger partial charge in [0.25, 0.3) is 0 Å². The van der Waals surface area contributed by atoms with Crippen LogP contribution in [0.5, 0.6) is 0 Å². The van der Waals surface area contributed by atoms with Crippen LogP contribution in [0.25, 0.3) is 0 Å². The number of benzene rings is 1. The average Bonchev–Trinajstić information content (AvgIpc) is 2.67. The Kier molecular flexibility index (Phi) is 14.3. The quantitative estimate of drug-likeness (QED) is 0.303. The summed E-state index contributed by atoms with van der Waals surface area (Å²) >= 11 is 0. The fourth-order valence-electron chi connectivity index (χ4n) is 3.39. The Morgan fingerprint density at radius 2 is 1.19 bits per heavy atom. The Morgan fingerprint density at radius 3 is 1.73 bits per heavy atom. The number of nitrogens with one attached hydrogen (secondary N) is 1. The first-order valence-corrected chi connectivity index (χ1v) is 11.4. The number of hydrogen-bond donors (Lipinski definition) is 1. The minimum atomic E-state index is 0.997. The Balaban J connectivity index is 2.46. The van der Waals surface area contributed by atoms with Crippen LogP contribution in [0.1, 0.15) is 97.0 Å². The zero-order valence-corrected chi connectivity index (χ0v) is 17.9. The monoisotopic (exact) mass is 360 g/mol. The predicted octanol–water partition coefficient (Wildman–Crippen LogP) is 6.93. The van der Waals surface area contributed by atoms with Crippen LogP contribution in [-0.2, 0) is 6.54 Å². The van der Waals surface area contributed by atoms with Crippen LogP contribution in [0, 0.1) is 0 Å². The summed E-state index contributed by atoms with van der Waals surface area (Å²) in [7, 11) is 0. The molecule has 1 rings (SSSR count). The van der Waals surface area contributed by atoms with Crippen LogP contribution in [0.2, 0.25) is 0 Å². The van der Waals surface area contributed by atoms with Crippen molar-refractivity contribution >= 4 is 5.69 Å². The molecule has 26 heavy (non-hydrogen) atoms. The van der Waals surface area contributed by atoms with Crippen LogP contribution in [0.4, 0.5) is 5.69 Å². The van der Waals surface area contributed by atoms with E-state index in [1.807, 2.05) is 0 Å². The van der Waals surface area contributed by atoms with Gasteiger partial charge in [-0.2, -0.15) is 0 Å². The van der Waals surface area contributed by atoms with Crippen LogP contribution in [0.3, 0.4) is 0 Å². The standard InChI is InChI=1S/C24H44N2/c1-4-7-10-13-20-26(21-14-11-8-5-2)24-17-15-23(16-18-24)22-25-19-12-9-6-3/h15-18,25H,4-14,19-22H2,1-3H3. The van der Waals surface area contributed by atoms with Crippen molar-refractivity contribution in [1.82, 2.24) is 5.32 Å². The Labute approximate surface area is 163 Å². The van der Waals surface area contributed by atoms with E-state index in [4.69, 9.17) is 0 Å². The average molecular weight is 361 g/mol. The number of rotatable bonds is 17. The van der Waals surface area contributed by atoms with Gasteiger partial charge in [0.2, 0.25) is 0 Å². The molecule has 150 valence electrons. The van der Waals surface area contributed by atoms with Gasteiger partial charge in [0.05, 0.1) is 0 Å². The number of unbranched alkanes of at least 4 members (excludes halogenated alkanes) is 8. The minimum absolute atomic E-state index is 0.997. The van der Waals surface area contributed by atoms with Gasteiger partial charge in [-0.15, -0.1) is 0 Å². The molecule has 0 radical (unpaired) electrons. The summed E-state index contributed by atoms with van der Waals surface area (Å²) in [6, 6.07) is 9.30. The first-order chi connectivity index (χ1) is 12.8. The predicted molar refractivity (Wildman–Crippen MR) is 118 cm³/mol. The molecule has 0 aliphatic heterocycles. The molecule has 0 spiro atoms. The molecule has 0 atom stereocenters. The molecule has 0 amide bonds. The topological polar surface area (TPSA) is 15.3 Å². The van der Waals surface area contributed by atoms with Crippen LogP contribution < -0.4 is 10.2 Å². The summed E-state index contributed by atoms with van der Waals surface area (Å²) in [5, 5.41) is 3.57. The lowest BCUT2D eigenvalue weighted by Gasteiger charge is -2.25. The van der Waals surface area contributed by atoms with E-state index in [1.54, 1.807) is 0 Å². The molecular formula is C24H44N2. The van der Waals surface area contributed by atoms with Crippen molar-refractivity contribution in [3.05, 3.63) is 29.8 Å². The second-order valence-electron chi connectivity index (χ2n) is 7.66. The van der Waals surface area contributed by atoms with Gasteiger partial charge >= 0.3 is 0 Å². The van der Waals surface area contributed by atoms with Gasteiger partial charge in [-0.3, -0.25) is 0 Å². The Bertz CT molecular complexity index is 401. The molecule has 0 saturated carbocycles. The molecule has 1 aromatic carbocycles. The van der Waals surface area contributed by atoms with Crippen molar-refractivity contribution in [2.45, 2.75) is 97.9 Å². The van der Waals surface area contributed by atoms with E-state index in [-0.39, 0.29) is 0 Å². The minimum Gasteiger partial charge on any atom is -0.372 e. The molecule has 0 bridgehead atoms. The van der Waals surface area contributed by atoms with E-state index in [2.05, 4.69) is 55.3 Å². The van der Waals surface area contributed by atoms with E-state index >= 15 is 0 Å².